The number of piperidine rings is 1. The number of hydrogen-bond acceptors (Lipinski definition) is 2. The van der Waals surface area contributed by atoms with Crippen molar-refractivity contribution in [2.24, 2.45) is 7.05 Å². The molecular formula is C13H20BrN3O. The molecule has 100 valence electrons. The molecule has 1 saturated heterocycles. The number of rotatable bonds is 3. The van der Waals surface area contributed by atoms with E-state index in [0.717, 1.165) is 36.1 Å². The van der Waals surface area contributed by atoms with Gasteiger partial charge in [-0.05, 0) is 48.3 Å². The fraction of sp³-hybridized carbons (Fsp3) is 0.615. The molecule has 2 heterocycles. The third kappa shape index (κ3) is 2.78. The topological polar surface area (TPSA) is 37.3 Å². The summed E-state index contributed by atoms with van der Waals surface area (Å²) >= 11 is 3.42. The number of hydrogen-bond donors (Lipinski definition) is 1. The molecule has 1 unspecified atom stereocenters. The molecule has 1 aliphatic rings. The highest BCUT2D eigenvalue weighted by molar-refractivity contribution is 9.10. The Morgan fingerprint density at radius 3 is 2.94 bits per heavy atom. The highest BCUT2D eigenvalue weighted by Gasteiger charge is 2.28. The Balaban J connectivity index is 2.18. The van der Waals surface area contributed by atoms with Crippen LogP contribution in [-0.4, -0.2) is 41.6 Å². The van der Waals surface area contributed by atoms with Crippen molar-refractivity contribution in [3.63, 3.8) is 0 Å². The number of carbonyl (C=O) groups is 1. The number of amides is 1. The van der Waals surface area contributed by atoms with Gasteiger partial charge in [-0.1, -0.05) is 0 Å². The largest absolute Gasteiger partial charge is 0.345 e. The van der Waals surface area contributed by atoms with E-state index in [4.69, 9.17) is 0 Å². The molecule has 1 aromatic heterocycles. The lowest BCUT2D eigenvalue weighted by Crippen LogP contribution is -2.48. The van der Waals surface area contributed by atoms with Crippen molar-refractivity contribution in [3.05, 3.63) is 22.4 Å². The maximum Gasteiger partial charge on any atom is 0.270 e. The van der Waals surface area contributed by atoms with Crippen LogP contribution in [-0.2, 0) is 7.05 Å². The van der Waals surface area contributed by atoms with Crippen LogP contribution < -0.4 is 5.32 Å². The molecular weight excluding hydrogens is 294 g/mol. The van der Waals surface area contributed by atoms with Crippen LogP contribution in [0.25, 0.3) is 0 Å². The number of nitrogens with one attached hydrogen (secondary N) is 1. The average molecular weight is 314 g/mol. The van der Waals surface area contributed by atoms with Gasteiger partial charge >= 0.3 is 0 Å². The summed E-state index contributed by atoms with van der Waals surface area (Å²) in [7, 11) is 3.85. The second-order valence-electron chi connectivity index (χ2n) is 4.86. The first-order chi connectivity index (χ1) is 8.63. The Morgan fingerprint density at radius 2 is 2.33 bits per heavy atom. The van der Waals surface area contributed by atoms with Crippen LogP contribution in [0.3, 0.4) is 0 Å². The van der Waals surface area contributed by atoms with Crippen molar-refractivity contribution >= 4 is 21.8 Å². The number of halogens is 1. The molecule has 1 aromatic rings. The minimum absolute atomic E-state index is 0.142. The Bertz CT molecular complexity index is 428. The summed E-state index contributed by atoms with van der Waals surface area (Å²) in [5.41, 5.74) is 0.755. The molecule has 0 aliphatic carbocycles. The number of aryl methyl sites for hydroxylation is 1. The molecule has 1 N–H and O–H groups in total. The van der Waals surface area contributed by atoms with Crippen LogP contribution in [0.5, 0.6) is 0 Å². The van der Waals surface area contributed by atoms with Crippen molar-refractivity contribution in [3.8, 4) is 0 Å². The Hall–Kier alpha value is -0.810. The highest BCUT2D eigenvalue weighted by atomic mass is 79.9. The molecule has 1 fully saturated rings. The van der Waals surface area contributed by atoms with Gasteiger partial charge in [0.2, 0.25) is 0 Å². The molecule has 5 heteroatoms. The van der Waals surface area contributed by atoms with Gasteiger partial charge in [0.25, 0.3) is 5.91 Å². The summed E-state index contributed by atoms with van der Waals surface area (Å²) < 4.78 is 2.84. The molecule has 1 aliphatic heterocycles. The second-order valence-corrected chi connectivity index (χ2v) is 5.78. The van der Waals surface area contributed by atoms with E-state index in [-0.39, 0.29) is 5.91 Å². The third-order valence-corrected chi connectivity index (χ3v) is 3.95. The van der Waals surface area contributed by atoms with Gasteiger partial charge in [-0.25, -0.2) is 0 Å². The van der Waals surface area contributed by atoms with Crippen LogP contribution in [0.15, 0.2) is 16.7 Å². The van der Waals surface area contributed by atoms with Gasteiger partial charge in [-0.2, -0.15) is 0 Å². The van der Waals surface area contributed by atoms with Crippen LogP contribution in [0.1, 0.15) is 29.8 Å². The van der Waals surface area contributed by atoms with E-state index >= 15 is 0 Å². The lowest BCUT2D eigenvalue weighted by molar-refractivity contribution is 0.0605. The predicted molar refractivity (Wildman–Crippen MR) is 75.7 cm³/mol. The van der Waals surface area contributed by atoms with Crippen LogP contribution >= 0.6 is 15.9 Å². The van der Waals surface area contributed by atoms with Gasteiger partial charge < -0.3 is 14.8 Å². The van der Waals surface area contributed by atoms with Crippen molar-refractivity contribution in [2.45, 2.75) is 25.3 Å². The Labute approximate surface area is 116 Å². The zero-order valence-corrected chi connectivity index (χ0v) is 12.5. The number of likely N-dealkylation sites (N-methyl/N-ethyl adjacent to an activating group) is 1. The summed E-state index contributed by atoms with van der Waals surface area (Å²) in [6.07, 6.45) is 5.34. The maximum absolute atomic E-state index is 12.6. The van der Waals surface area contributed by atoms with E-state index in [9.17, 15) is 4.79 Å². The zero-order chi connectivity index (χ0) is 13.1. The van der Waals surface area contributed by atoms with Crippen molar-refractivity contribution in [1.29, 1.82) is 0 Å². The normalized spacial score (nSPS) is 20.2. The number of nitrogens with zero attached hydrogens (tertiary/aromatic N) is 2. The number of carbonyl (C=O) groups excluding carboxylic acids is 1. The fourth-order valence-corrected chi connectivity index (χ4v) is 3.12. The first-order valence-electron chi connectivity index (χ1n) is 6.41. The van der Waals surface area contributed by atoms with Crippen molar-refractivity contribution in [1.82, 2.24) is 14.8 Å². The lowest BCUT2D eigenvalue weighted by atomic mass is 10.0. The van der Waals surface area contributed by atoms with Gasteiger partial charge in [0, 0.05) is 36.8 Å². The van der Waals surface area contributed by atoms with E-state index in [1.165, 1.54) is 6.42 Å². The van der Waals surface area contributed by atoms with Crippen LogP contribution in [0.2, 0.25) is 0 Å². The van der Waals surface area contributed by atoms with Gasteiger partial charge in [-0.3, -0.25) is 4.79 Å². The second kappa shape index (κ2) is 5.89. The number of aromatic nitrogens is 1. The minimum atomic E-state index is 0.142. The summed E-state index contributed by atoms with van der Waals surface area (Å²) in [4.78, 5) is 14.6. The van der Waals surface area contributed by atoms with E-state index in [1.807, 2.05) is 35.8 Å². The molecule has 0 aromatic carbocycles. The summed E-state index contributed by atoms with van der Waals surface area (Å²) in [6.45, 7) is 1.74. The summed E-state index contributed by atoms with van der Waals surface area (Å²) in [6, 6.07) is 2.22. The van der Waals surface area contributed by atoms with Crippen LogP contribution in [0, 0.1) is 0 Å². The van der Waals surface area contributed by atoms with E-state index in [0.29, 0.717) is 6.04 Å². The number of likely N-dealkylation sites (tertiary alicyclic amines) is 1. The monoisotopic (exact) mass is 313 g/mol. The van der Waals surface area contributed by atoms with E-state index in [2.05, 4.69) is 21.2 Å². The summed E-state index contributed by atoms with van der Waals surface area (Å²) in [5, 5.41) is 3.18. The molecule has 0 bridgehead atoms. The standard InChI is InChI=1S/C13H20BrN3O/c1-15-8-11-5-3-4-6-17(11)13(18)12-7-10(14)9-16(12)2/h7,9,11,15H,3-6,8H2,1-2H3. The molecule has 0 saturated carbocycles. The molecule has 4 nitrogen and oxygen atoms in total. The van der Waals surface area contributed by atoms with E-state index in [1.54, 1.807) is 0 Å². The minimum Gasteiger partial charge on any atom is -0.345 e. The van der Waals surface area contributed by atoms with E-state index < -0.39 is 0 Å². The first-order valence-corrected chi connectivity index (χ1v) is 7.20. The van der Waals surface area contributed by atoms with Gasteiger partial charge in [0.1, 0.15) is 5.69 Å². The molecule has 0 radical (unpaired) electrons. The van der Waals surface area contributed by atoms with Crippen LogP contribution in [0.4, 0.5) is 0 Å². The Morgan fingerprint density at radius 1 is 1.56 bits per heavy atom. The quantitative estimate of drug-likeness (QED) is 0.926. The average Bonchev–Trinajstić information content (AvgIpc) is 2.69. The Kier molecular flexibility index (Phi) is 4.45. The zero-order valence-electron chi connectivity index (χ0n) is 10.9. The molecule has 18 heavy (non-hydrogen) atoms. The van der Waals surface area contributed by atoms with Gasteiger partial charge in [0.05, 0.1) is 0 Å². The highest BCUT2D eigenvalue weighted by Crippen LogP contribution is 2.21. The van der Waals surface area contributed by atoms with Crippen molar-refractivity contribution < 1.29 is 4.79 Å². The summed E-state index contributed by atoms with van der Waals surface area (Å²) in [5.74, 6) is 0.142. The molecule has 1 atom stereocenters. The van der Waals surface area contributed by atoms with Gasteiger partial charge in [-0.15, -0.1) is 0 Å². The maximum atomic E-state index is 12.6. The smallest absolute Gasteiger partial charge is 0.270 e. The SMILES string of the molecule is CNCC1CCCCN1C(=O)c1cc(Br)cn1C. The molecule has 1 amide bonds. The van der Waals surface area contributed by atoms with Gasteiger partial charge in [0.15, 0.2) is 0 Å². The lowest BCUT2D eigenvalue weighted by Gasteiger charge is -2.35. The fourth-order valence-electron chi connectivity index (χ4n) is 2.60. The molecule has 0 spiro atoms. The van der Waals surface area contributed by atoms with Crippen molar-refractivity contribution in [2.75, 3.05) is 20.1 Å². The molecule has 2 rings (SSSR count). The first kappa shape index (κ1) is 13.6. The third-order valence-electron chi connectivity index (χ3n) is 3.52. The predicted octanol–water partition coefficient (Wildman–Crippen LogP) is 2.00.